The van der Waals surface area contributed by atoms with Crippen molar-refractivity contribution >= 4 is 5.82 Å². The van der Waals surface area contributed by atoms with E-state index < -0.39 is 11.6 Å². The lowest BCUT2D eigenvalue weighted by Crippen LogP contribution is -1.90. The van der Waals surface area contributed by atoms with Gasteiger partial charge in [0.1, 0.15) is 5.69 Å². The first-order chi connectivity index (χ1) is 6.70. The zero-order valence-electron chi connectivity index (χ0n) is 6.96. The highest BCUT2D eigenvalue weighted by Crippen LogP contribution is 2.24. The molecule has 0 aliphatic carbocycles. The molecule has 2 aromatic rings. The summed E-state index contributed by atoms with van der Waals surface area (Å²) in [5.41, 5.74) is 5.16. The molecule has 0 aliphatic rings. The Bertz CT molecular complexity index is 466. The molecule has 0 radical (unpaired) electrons. The van der Waals surface area contributed by atoms with Gasteiger partial charge in [-0.25, -0.2) is 8.78 Å². The van der Waals surface area contributed by atoms with Crippen molar-refractivity contribution in [2.75, 3.05) is 5.73 Å². The van der Waals surface area contributed by atoms with Crippen molar-refractivity contribution < 1.29 is 8.78 Å². The van der Waals surface area contributed by atoms with E-state index in [1.165, 1.54) is 12.3 Å². The molecular formula is C8H6F2N4. The molecule has 72 valence electrons. The van der Waals surface area contributed by atoms with E-state index >= 15 is 0 Å². The Morgan fingerprint density at radius 3 is 2.71 bits per heavy atom. The monoisotopic (exact) mass is 196 g/mol. The van der Waals surface area contributed by atoms with Crippen molar-refractivity contribution in [1.29, 1.82) is 0 Å². The largest absolute Gasteiger partial charge is 0.380 e. The lowest BCUT2D eigenvalue weighted by molar-refractivity contribution is 0.614. The Morgan fingerprint density at radius 2 is 2.14 bits per heavy atom. The summed E-state index contributed by atoms with van der Waals surface area (Å²) >= 11 is 0. The molecule has 2 rings (SSSR count). The van der Waals surface area contributed by atoms with Crippen LogP contribution in [0.4, 0.5) is 14.6 Å². The molecule has 0 unspecified atom stereocenters. The number of aromatic nitrogens is 3. The summed E-state index contributed by atoms with van der Waals surface area (Å²) in [5.74, 6) is -1.67. The van der Waals surface area contributed by atoms with Crippen molar-refractivity contribution in [3.8, 4) is 11.3 Å². The van der Waals surface area contributed by atoms with Crippen LogP contribution < -0.4 is 5.73 Å². The summed E-state index contributed by atoms with van der Waals surface area (Å²) < 4.78 is 26.4. The van der Waals surface area contributed by atoms with E-state index in [1.54, 1.807) is 0 Å². The first kappa shape index (κ1) is 8.61. The highest BCUT2D eigenvalue weighted by atomic mass is 19.1. The maximum absolute atomic E-state index is 13.2. The summed E-state index contributed by atoms with van der Waals surface area (Å²) in [6.07, 6.45) is 2.35. The van der Waals surface area contributed by atoms with Gasteiger partial charge in [0, 0.05) is 11.8 Å². The van der Waals surface area contributed by atoms with Gasteiger partial charge in [0.25, 0.3) is 0 Å². The molecule has 0 saturated carbocycles. The second-order valence-electron chi connectivity index (χ2n) is 2.65. The smallest absolute Gasteiger partial charge is 0.192 e. The molecule has 0 bridgehead atoms. The SMILES string of the molecule is Nc1n[nH]c(-c2ccncc2F)c1F. The Labute approximate surface area is 77.8 Å². The molecule has 0 saturated heterocycles. The molecule has 3 N–H and O–H groups in total. The first-order valence-electron chi connectivity index (χ1n) is 3.79. The predicted octanol–water partition coefficient (Wildman–Crippen LogP) is 1.33. The summed E-state index contributed by atoms with van der Waals surface area (Å²) in [6.45, 7) is 0. The van der Waals surface area contributed by atoms with Crippen molar-refractivity contribution in [2.45, 2.75) is 0 Å². The minimum atomic E-state index is -0.755. The number of hydrogen-bond donors (Lipinski definition) is 2. The van der Waals surface area contributed by atoms with Crippen LogP contribution in [0.1, 0.15) is 0 Å². The normalized spacial score (nSPS) is 10.4. The Hall–Kier alpha value is -1.98. The Balaban J connectivity index is 2.60. The van der Waals surface area contributed by atoms with E-state index in [-0.39, 0.29) is 17.1 Å². The van der Waals surface area contributed by atoms with Crippen LogP contribution in [0.15, 0.2) is 18.5 Å². The molecule has 2 heterocycles. The molecule has 6 heteroatoms. The van der Waals surface area contributed by atoms with Crippen LogP contribution in [0.5, 0.6) is 0 Å². The number of nitrogens with one attached hydrogen (secondary N) is 1. The fourth-order valence-corrected chi connectivity index (χ4v) is 1.10. The van der Waals surface area contributed by atoms with Crippen LogP contribution >= 0.6 is 0 Å². The van der Waals surface area contributed by atoms with Gasteiger partial charge in [-0.15, -0.1) is 0 Å². The van der Waals surface area contributed by atoms with Crippen LogP contribution in [-0.4, -0.2) is 15.2 Å². The van der Waals surface area contributed by atoms with Crippen LogP contribution in [0.25, 0.3) is 11.3 Å². The molecule has 0 atom stereocenters. The van der Waals surface area contributed by atoms with Crippen LogP contribution in [0.3, 0.4) is 0 Å². The number of nitrogens with two attached hydrogens (primary N) is 1. The van der Waals surface area contributed by atoms with Gasteiger partial charge in [-0.3, -0.25) is 10.1 Å². The number of nitrogens with zero attached hydrogens (tertiary/aromatic N) is 2. The molecule has 0 aromatic carbocycles. The lowest BCUT2D eigenvalue weighted by atomic mass is 10.2. The first-order valence-corrected chi connectivity index (χ1v) is 3.79. The average Bonchev–Trinajstić information content (AvgIpc) is 2.49. The van der Waals surface area contributed by atoms with Gasteiger partial charge in [-0.2, -0.15) is 5.10 Å². The molecule has 4 nitrogen and oxygen atoms in total. The molecular weight excluding hydrogens is 190 g/mol. The zero-order chi connectivity index (χ0) is 10.1. The number of hydrogen-bond acceptors (Lipinski definition) is 3. The lowest BCUT2D eigenvalue weighted by Gasteiger charge is -1.97. The minimum absolute atomic E-state index is 0.0571. The maximum Gasteiger partial charge on any atom is 0.192 e. The van der Waals surface area contributed by atoms with Gasteiger partial charge in [0.05, 0.1) is 6.20 Å². The number of pyridine rings is 1. The minimum Gasteiger partial charge on any atom is -0.380 e. The number of anilines is 1. The van der Waals surface area contributed by atoms with Gasteiger partial charge in [-0.05, 0) is 6.07 Å². The summed E-state index contributed by atoms with van der Waals surface area (Å²) in [4.78, 5) is 3.54. The standard InChI is InChI=1S/C8H6F2N4/c9-5-3-12-2-1-4(5)7-6(10)8(11)14-13-7/h1-3H,(H3,11,13,14). The van der Waals surface area contributed by atoms with E-state index in [2.05, 4.69) is 15.2 Å². The van der Waals surface area contributed by atoms with E-state index in [4.69, 9.17) is 5.73 Å². The van der Waals surface area contributed by atoms with Crippen molar-refractivity contribution in [2.24, 2.45) is 0 Å². The molecule has 0 aliphatic heterocycles. The van der Waals surface area contributed by atoms with E-state index in [1.807, 2.05) is 0 Å². The fourth-order valence-electron chi connectivity index (χ4n) is 1.10. The summed E-state index contributed by atoms with van der Waals surface area (Å²) in [6, 6.07) is 1.34. The highest BCUT2D eigenvalue weighted by molar-refractivity contribution is 5.63. The van der Waals surface area contributed by atoms with Gasteiger partial charge in [-0.1, -0.05) is 0 Å². The van der Waals surface area contributed by atoms with Crippen LogP contribution in [-0.2, 0) is 0 Å². The number of H-pyrrole nitrogens is 1. The zero-order valence-corrected chi connectivity index (χ0v) is 6.96. The molecule has 2 aromatic heterocycles. The Kier molecular flexibility index (Phi) is 1.88. The quantitative estimate of drug-likeness (QED) is 0.723. The second kappa shape index (κ2) is 3.06. The number of nitrogen functional groups attached to an aromatic ring is 1. The maximum atomic E-state index is 13.2. The van der Waals surface area contributed by atoms with E-state index in [0.717, 1.165) is 6.20 Å². The van der Waals surface area contributed by atoms with Crippen LogP contribution in [0.2, 0.25) is 0 Å². The third-order valence-corrected chi connectivity index (χ3v) is 1.77. The van der Waals surface area contributed by atoms with Crippen molar-refractivity contribution in [3.63, 3.8) is 0 Å². The predicted molar refractivity (Wildman–Crippen MR) is 46.1 cm³/mol. The third kappa shape index (κ3) is 1.20. The third-order valence-electron chi connectivity index (χ3n) is 1.77. The number of halogens is 2. The molecule has 14 heavy (non-hydrogen) atoms. The van der Waals surface area contributed by atoms with E-state index in [0.29, 0.717) is 0 Å². The number of aromatic amines is 1. The summed E-state index contributed by atoms with van der Waals surface area (Å²) in [5, 5.41) is 5.74. The van der Waals surface area contributed by atoms with E-state index in [9.17, 15) is 8.78 Å². The Morgan fingerprint density at radius 1 is 1.36 bits per heavy atom. The fraction of sp³-hybridized carbons (Fsp3) is 0. The van der Waals surface area contributed by atoms with Gasteiger partial charge < -0.3 is 5.73 Å². The average molecular weight is 196 g/mol. The molecule has 0 fully saturated rings. The van der Waals surface area contributed by atoms with Gasteiger partial charge in [0.15, 0.2) is 17.5 Å². The molecule has 0 spiro atoms. The summed E-state index contributed by atoms with van der Waals surface area (Å²) in [7, 11) is 0. The highest BCUT2D eigenvalue weighted by Gasteiger charge is 2.15. The molecule has 0 amide bonds. The topological polar surface area (TPSA) is 67.6 Å². The van der Waals surface area contributed by atoms with Crippen molar-refractivity contribution in [3.05, 3.63) is 30.1 Å². The van der Waals surface area contributed by atoms with Gasteiger partial charge >= 0.3 is 0 Å². The second-order valence-corrected chi connectivity index (χ2v) is 2.65. The van der Waals surface area contributed by atoms with Gasteiger partial charge in [0.2, 0.25) is 0 Å². The van der Waals surface area contributed by atoms with Crippen molar-refractivity contribution in [1.82, 2.24) is 15.2 Å². The van der Waals surface area contributed by atoms with Crippen LogP contribution in [0, 0.1) is 11.6 Å². The number of rotatable bonds is 1.